The molecule has 0 saturated heterocycles. The molecular weight excluding hydrogens is 314 g/mol. The molecule has 124 valence electrons. The predicted molar refractivity (Wildman–Crippen MR) is 85.1 cm³/mol. The van der Waals surface area contributed by atoms with Crippen LogP contribution < -0.4 is 5.32 Å². The molecule has 2 aromatic rings. The molecule has 7 nitrogen and oxygen atoms in total. The van der Waals surface area contributed by atoms with Crippen molar-refractivity contribution in [3.8, 4) is 11.5 Å². The average molecular weight is 329 g/mol. The minimum atomic E-state index is -0.879. The molecule has 3 N–H and O–H groups in total. The van der Waals surface area contributed by atoms with Crippen molar-refractivity contribution in [1.29, 1.82) is 0 Å². The number of anilines is 1. The van der Waals surface area contributed by atoms with E-state index in [1.54, 1.807) is 12.1 Å². The van der Waals surface area contributed by atoms with E-state index in [9.17, 15) is 24.6 Å². The molecule has 7 heteroatoms. The van der Waals surface area contributed by atoms with Gasteiger partial charge >= 0.3 is 5.97 Å². The molecule has 2 rings (SSSR count). The minimum absolute atomic E-state index is 0.151. The highest BCUT2D eigenvalue weighted by Gasteiger charge is 2.15. The number of benzene rings is 2. The molecule has 0 saturated carbocycles. The fourth-order valence-electron chi connectivity index (χ4n) is 1.93. The second kappa shape index (κ2) is 7.28. The van der Waals surface area contributed by atoms with E-state index in [0.29, 0.717) is 11.3 Å². The monoisotopic (exact) mass is 329 g/mol. The maximum absolute atomic E-state index is 12.0. The number of amides is 1. The summed E-state index contributed by atoms with van der Waals surface area (Å²) >= 11 is 0. The van der Waals surface area contributed by atoms with E-state index in [4.69, 9.17) is 4.74 Å². The van der Waals surface area contributed by atoms with Crippen LogP contribution in [0.2, 0.25) is 0 Å². The number of esters is 1. The highest BCUT2D eigenvalue weighted by molar-refractivity contribution is 6.00. The predicted octanol–water partition coefficient (Wildman–Crippen LogP) is 2.10. The number of hydrogen-bond donors (Lipinski definition) is 3. The standard InChI is InChI=1S/C17H15NO6/c1-10(19)18-12-4-2-11(3-5-12)16(22)9-24-17(23)14-7-6-13(20)8-15(14)21/h2-8,20-21H,9H2,1H3,(H,18,19). The maximum atomic E-state index is 12.0. The van der Waals surface area contributed by atoms with Crippen molar-refractivity contribution in [2.24, 2.45) is 0 Å². The Morgan fingerprint density at radius 1 is 1.04 bits per heavy atom. The molecule has 0 aliphatic heterocycles. The third kappa shape index (κ3) is 4.33. The van der Waals surface area contributed by atoms with E-state index >= 15 is 0 Å². The lowest BCUT2D eigenvalue weighted by molar-refractivity contribution is -0.114. The molecule has 0 heterocycles. The first-order valence-corrected chi connectivity index (χ1v) is 6.97. The molecule has 0 radical (unpaired) electrons. The number of carbonyl (C=O) groups excluding carboxylic acids is 3. The number of ketones is 1. The van der Waals surface area contributed by atoms with Crippen LogP contribution in [0.3, 0.4) is 0 Å². The van der Waals surface area contributed by atoms with Crippen LogP contribution in [0.25, 0.3) is 0 Å². The number of nitrogens with one attached hydrogen (secondary N) is 1. The smallest absolute Gasteiger partial charge is 0.342 e. The van der Waals surface area contributed by atoms with Crippen LogP contribution in [0.4, 0.5) is 5.69 Å². The first-order valence-electron chi connectivity index (χ1n) is 6.97. The van der Waals surface area contributed by atoms with Gasteiger partial charge in [-0.1, -0.05) is 0 Å². The highest BCUT2D eigenvalue weighted by atomic mass is 16.5. The van der Waals surface area contributed by atoms with Crippen LogP contribution in [0, 0.1) is 0 Å². The number of rotatable bonds is 5. The lowest BCUT2D eigenvalue weighted by Crippen LogP contribution is -2.14. The largest absolute Gasteiger partial charge is 0.508 e. The highest BCUT2D eigenvalue weighted by Crippen LogP contribution is 2.23. The fourth-order valence-corrected chi connectivity index (χ4v) is 1.93. The van der Waals surface area contributed by atoms with E-state index in [1.807, 2.05) is 0 Å². The zero-order valence-electron chi connectivity index (χ0n) is 12.8. The Labute approximate surface area is 137 Å². The summed E-state index contributed by atoms with van der Waals surface area (Å²) in [6.45, 7) is 0.871. The summed E-state index contributed by atoms with van der Waals surface area (Å²) in [6.07, 6.45) is 0. The zero-order valence-corrected chi connectivity index (χ0v) is 12.8. The Kier molecular flexibility index (Phi) is 5.16. The second-order valence-corrected chi connectivity index (χ2v) is 4.96. The van der Waals surface area contributed by atoms with Crippen molar-refractivity contribution in [3.63, 3.8) is 0 Å². The van der Waals surface area contributed by atoms with Crippen molar-refractivity contribution >= 4 is 23.3 Å². The van der Waals surface area contributed by atoms with Gasteiger partial charge in [-0.25, -0.2) is 4.79 Å². The van der Waals surface area contributed by atoms with Crippen molar-refractivity contribution in [3.05, 3.63) is 53.6 Å². The molecule has 1 amide bonds. The Morgan fingerprint density at radius 2 is 1.71 bits per heavy atom. The fraction of sp³-hybridized carbons (Fsp3) is 0.118. The van der Waals surface area contributed by atoms with E-state index in [0.717, 1.165) is 6.07 Å². The third-order valence-electron chi connectivity index (χ3n) is 3.06. The van der Waals surface area contributed by atoms with Crippen LogP contribution in [-0.4, -0.2) is 34.5 Å². The lowest BCUT2D eigenvalue weighted by Gasteiger charge is -2.07. The van der Waals surface area contributed by atoms with E-state index in [-0.39, 0.29) is 17.2 Å². The van der Waals surface area contributed by atoms with Gasteiger partial charge in [-0.05, 0) is 36.4 Å². The third-order valence-corrected chi connectivity index (χ3v) is 3.06. The van der Waals surface area contributed by atoms with Crippen molar-refractivity contribution < 1.29 is 29.3 Å². The van der Waals surface area contributed by atoms with Crippen LogP contribution in [-0.2, 0) is 9.53 Å². The second-order valence-electron chi connectivity index (χ2n) is 4.96. The zero-order chi connectivity index (χ0) is 17.7. The van der Waals surface area contributed by atoms with Gasteiger partial charge in [0.25, 0.3) is 0 Å². The molecular formula is C17H15NO6. The van der Waals surface area contributed by atoms with Crippen LogP contribution in [0.5, 0.6) is 11.5 Å². The lowest BCUT2D eigenvalue weighted by atomic mass is 10.1. The van der Waals surface area contributed by atoms with E-state index in [1.165, 1.54) is 31.2 Å². The van der Waals surface area contributed by atoms with Crippen molar-refractivity contribution in [2.75, 3.05) is 11.9 Å². The number of phenolic OH excluding ortho intramolecular Hbond substituents is 2. The van der Waals surface area contributed by atoms with E-state index in [2.05, 4.69) is 5.32 Å². The Balaban J connectivity index is 1.97. The van der Waals surface area contributed by atoms with Gasteiger partial charge in [-0.2, -0.15) is 0 Å². The normalized spacial score (nSPS) is 10.0. The number of aromatic hydroxyl groups is 2. The Bertz CT molecular complexity index is 782. The molecule has 24 heavy (non-hydrogen) atoms. The number of Topliss-reactive ketones (excluding diaryl/α,β-unsaturated/α-hetero) is 1. The summed E-state index contributed by atoms with van der Waals surface area (Å²) in [4.78, 5) is 34.7. The molecule has 0 fully saturated rings. The van der Waals surface area contributed by atoms with Gasteiger partial charge in [0.05, 0.1) is 0 Å². The van der Waals surface area contributed by atoms with Gasteiger partial charge in [0.15, 0.2) is 12.4 Å². The molecule has 2 aromatic carbocycles. The molecule has 0 aliphatic carbocycles. The summed E-state index contributed by atoms with van der Waals surface area (Å²) in [5.74, 6) is -2.17. The first kappa shape index (κ1) is 17.0. The molecule has 0 aliphatic rings. The van der Waals surface area contributed by atoms with Crippen LogP contribution in [0.1, 0.15) is 27.6 Å². The average Bonchev–Trinajstić information content (AvgIpc) is 2.52. The molecule has 0 aromatic heterocycles. The first-order chi connectivity index (χ1) is 11.4. The van der Waals surface area contributed by atoms with Gasteiger partial charge in [-0.15, -0.1) is 0 Å². The quantitative estimate of drug-likeness (QED) is 0.572. The number of hydrogen-bond acceptors (Lipinski definition) is 6. The van der Waals surface area contributed by atoms with Crippen molar-refractivity contribution in [1.82, 2.24) is 0 Å². The summed E-state index contributed by atoms with van der Waals surface area (Å²) < 4.78 is 4.86. The number of carbonyl (C=O) groups is 3. The van der Waals surface area contributed by atoms with Crippen LogP contribution >= 0.6 is 0 Å². The summed E-state index contributed by atoms with van der Waals surface area (Å²) in [6, 6.07) is 9.53. The molecule has 0 spiro atoms. The Morgan fingerprint density at radius 3 is 2.29 bits per heavy atom. The molecule has 0 atom stereocenters. The summed E-state index contributed by atoms with van der Waals surface area (Å²) in [5.41, 5.74) is 0.707. The SMILES string of the molecule is CC(=O)Nc1ccc(C(=O)COC(=O)c2ccc(O)cc2O)cc1. The van der Waals surface area contributed by atoms with Gasteiger partial charge in [0.1, 0.15) is 17.1 Å². The Hall–Kier alpha value is -3.35. The number of phenols is 2. The minimum Gasteiger partial charge on any atom is -0.508 e. The summed E-state index contributed by atoms with van der Waals surface area (Å²) in [5, 5.41) is 21.3. The van der Waals surface area contributed by atoms with Gasteiger partial charge in [0, 0.05) is 24.2 Å². The van der Waals surface area contributed by atoms with Crippen molar-refractivity contribution in [2.45, 2.75) is 6.92 Å². The topological polar surface area (TPSA) is 113 Å². The van der Waals surface area contributed by atoms with Gasteiger partial charge in [-0.3, -0.25) is 9.59 Å². The van der Waals surface area contributed by atoms with E-state index < -0.39 is 24.1 Å². The maximum Gasteiger partial charge on any atom is 0.342 e. The van der Waals surface area contributed by atoms with Gasteiger partial charge < -0.3 is 20.3 Å². The van der Waals surface area contributed by atoms with Crippen LogP contribution in [0.15, 0.2) is 42.5 Å². The molecule has 0 unspecified atom stereocenters. The summed E-state index contributed by atoms with van der Waals surface area (Å²) in [7, 11) is 0. The molecule has 0 bridgehead atoms. The number of ether oxygens (including phenoxy) is 1. The van der Waals surface area contributed by atoms with Gasteiger partial charge in [0.2, 0.25) is 5.91 Å².